The second-order valence-corrected chi connectivity index (χ2v) is 40.1. The molecule has 4 aliphatic carbocycles. The molecule has 8 saturated heterocycles. The molecule has 4 aromatic rings. The number of carbonyl (C=O) groups excluding carboxylic acids is 8. The smallest absolute Gasteiger partial charge is 0.352 e. The summed E-state index contributed by atoms with van der Waals surface area (Å²) >= 11 is 0. The summed E-state index contributed by atoms with van der Waals surface area (Å²) in [6, 6.07) is 16.5. The van der Waals surface area contributed by atoms with Gasteiger partial charge in [-0.05, 0) is 245 Å². The van der Waals surface area contributed by atoms with Gasteiger partial charge in [0.05, 0.1) is 99.9 Å². The third kappa shape index (κ3) is 16.3. The summed E-state index contributed by atoms with van der Waals surface area (Å²) in [5.41, 5.74) is 11.0. The molecule has 4 spiro atoms. The van der Waals surface area contributed by atoms with Gasteiger partial charge in [-0.25, -0.2) is 19.2 Å². The van der Waals surface area contributed by atoms with Crippen molar-refractivity contribution in [3.63, 3.8) is 0 Å². The number of benzene rings is 4. The highest BCUT2D eigenvalue weighted by Crippen LogP contribution is 2.63. The number of fused-ring (bicyclic) bond motifs is 12. The number of carbonyl (C=O) groups is 8. The van der Waals surface area contributed by atoms with Crippen molar-refractivity contribution in [2.45, 2.75) is 261 Å². The van der Waals surface area contributed by atoms with Crippen LogP contribution in [0.3, 0.4) is 0 Å². The molecule has 0 unspecified atom stereocenters. The molecule has 8 fully saturated rings. The molecular weight excluding hydrogens is 1830 g/mol. The molecule has 35 heteroatoms. The van der Waals surface area contributed by atoms with Crippen LogP contribution >= 0.6 is 0 Å². The molecule has 16 aliphatic heterocycles. The van der Waals surface area contributed by atoms with E-state index in [0.29, 0.717) is 48.0 Å². The second-order valence-electron chi connectivity index (χ2n) is 40.1. The quantitative estimate of drug-likeness (QED) is 0.0148. The van der Waals surface area contributed by atoms with Crippen molar-refractivity contribution < 1.29 is 133 Å². The number of hydrogen-bond acceptors (Lipinski definition) is 33. The van der Waals surface area contributed by atoms with Crippen molar-refractivity contribution in [3.8, 4) is 46.0 Å². The highest BCUT2D eigenvalue weighted by atomic mass is 16.7. The Morgan fingerprint density at radius 1 is 0.352 bits per heavy atom. The van der Waals surface area contributed by atoms with E-state index in [1.807, 2.05) is 69.4 Å². The Bertz CT molecular complexity index is 5620. The summed E-state index contributed by atoms with van der Waals surface area (Å²) < 4.78 is 115. The predicted molar refractivity (Wildman–Crippen MR) is 504 cm³/mol. The lowest BCUT2D eigenvalue weighted by molar-refractivity contribution is -0.210. The summed E-state index contributed by atoms with van der Waals surface area (Å²) in [7, 11) is 6.46. The maximum Gasteiger partial charge on any atom is 0.352 e. The number of rotatable bonds is 25. The van der Waals surface area contributed by atoms with Crippen LogP contribution in [0.2, 0.25) is 0 Å². The zero-order chi connectivity index (χ0) is 98.2. The van der Waals surface area contributed by atoms with Gasteiger partial charge in [-0.3, -0.25) is 38.8 Å². The number of ether oxygens (including phenoxy) is 20. The number of hydrogen-bond donors (Lipinski definition) is 0. The summed E-state index contributed by atoms with van der Waals surface area (Å²) in [4.78, 5) is 114. The molecule has 35 nitrogen and oxygen atoms in total. The van der Waals surface area contributed by atoms with E-state index in [0.717, 1.165) is 217 Å². The fraction of sp³-hybridized carbons (Fsp3) is 0.551. The summed E-state index contributed by atoms with van der Waals surface area (Å²) in [6.45, 7) is 14.5. The van der Waals surface area contributed by atoms with Crippen LogP contribution in [-0.4, -0.2) is 251 Å². The molecule has 0 amide bonds. The van der Waals surface area contributed by atoms with Gasteiger partial charge in [-0.15, -0.1) is 0 Å². The van der Waals surface area contributed by atoms with Crippen molar-refractivity contribution in [2.24, 2.45) is 5.11 Å². The average Bonchev–Trinajstić information content (AvgIpc) is 1.56. The Morgan fingerprint density at radius 3 is 0.789 bits per heavy atom. The van der Waals surface area contributed by atoms with Gasteiger partial charge in [-0.1, -0.05) is 74.5 Å². The first kappa shape index (κ1) is 95.5. The fourth-order valence-electron chi connectivity index (χ4n) is 26.0. The van der Waals surface area contributed by atoms with Crippen LogP contribution in [0, 0.1) is 0 Å². The van der Waals surface area contributed by atoms with E-state index in [2.05, 4.69) is 90.3 Å². The number of methoxy groups -OCH3 is 4. The predicted octanol–water partition coefficient (Wildman–Crippen LogP) is 13.4. The summed E-state index contributed by atoms with van der Waals surface area (Å²) in [5.74, 6) is 3.93. The minimum absolute atomic E-state index is 0.0237. The molecule has 0 N–H and O–H groups in total. The zero-order valence-corrected chi connectivity index (χ0v) is 81.2. The van der Waals surface area contributed by atoms with Crippen molar-refractivity contribution in [3.05, 3.63) is 199 Å². The minimum atomic E-state index is -1.41. The lowest BCUT2D eigenvalue weighted by Gasteiger charge is -2.41. The number of cyclic esters (lactones) is 4. The number of allylic oxidation sites excluding steroid dienone is 3. The summed E-state index contributed by atoms with van der Waals surface area (Å²) in [5, 5.41) is 3.45. The third-order valence-corrected chi connectivity index (χ3v) is 32.7. The van der Waals surface area contributed by atoms with E-state index < -0.39 is 76.7 Å². The Morgan fingerprint density at radius 2 is 0.577 bits per heavy atom. The first-order valence-electron chi connectivity index (χ1n) is 50.1. The zero-order valence-electron chi connectivity index (χ0n) is 81.2. The van der Waals surface area contributed by atoms with Crippen molar-refractivity contribution in [1.82, 2.24) is 19.6 Å². The van der Waals surface area contributed by atoms with Crippen LogP contribution in [0.25, 0.3) is 10.4 Å². The van der Waals surface area contributed by atoms with Crippen molar-refractivity contribution >= 4 is 47.8 Å². The second kappa shape index (κ2) is 38.2. The highest BCUT2D eigenvalue weighted by molar-refractivity contribution is 5.96. The van der Waals surface area contributed by atoms with Gasteiger partial charge in [0.15, 0.2) is 70.4 Å². The number of azide groups is 1. The number of esters is 8. The highest BCUT2D eigenvalue weighted by Gasteiger charge is 2.67. The maximum absolute atomic E-state index is 13.6. The molecule has 0 bridgehead atoms. The van der Waals surface area contributed by atoms with E-state index in [1.54, 1.807) is 40.6 Å². The molecule has 20 aliphatic rings. The van der Waals surface area contributed by atoms with Crippen molar-refractivity contribution in [1.29, 1.82) is 0 Å². The van der Waals surface area contributed by atoms with Crippen LogP contribution in [0.15, 0.2) is 150 Å². The largest absolute Gasteiger partial charge is 0.497 e. The molecule has 16 atom stereocenters. The molecule has 0 saturated carbocycles. The van der Waals surface area contributed by atoms with E-state index in [-0.39, 0.29) is 130 Å². The molecular formula is C107H121N7O28. The monoisotopic (exact) mass is 1950 g/mol. The van der Waals surface area contributed by atoms with Crippen LogP contribution in [0.5, 0.6) is 46.0 Å². The van der Waals surface area contributed by atoms with Crippen molar-refractivity contribution in [2.75, 3.05) is 115 Å². The Kier molecular flexibility index (Phi) is 25.7. The molecule has 4 aromatic carbocycles. The molecule has 752 valence electrons. The molecule has 0 radical (unpaired) electrons. The first-order chi connectivity index (χ1) is 69.0. The van der Waals surface area contributed by atoms with Gasteiger partial charge in [0.2, 0.25) is 49.6 Å². The maximum atomic E-state index is 13.6. The van der Waals surface area contributed by atoms with Crippen LogP contribution < -0.4 is 37.9 Å². The van der Waals surface area contributed by atoms with Gasteiger partial charge in [0.1, 0.15) is 23.0 Å². The lowest BCUT2D eigenvalue weighted by atomic mass is 9.77. The first-order valence-corrected chi connectivity index (χ1v) is 50.1. The molecule has 24 rings (SSSR count). The van der Waals surface area contributed by atoms with Gasteiger partial charge < -0.3 is 94.7 Å². The Balaban J connectivity index is 0.000000112. The lowest BCUT2D eigenvalue weighted by Crippen LogP contribution is -2.56. The van der Waals surface area contributed by atoms with Crippen LogP contribution in [0.4, 0.5) is 0 Å². The van der Waals surface area contributed by atoms with Crippen LogP contribution in [-0.2, 0) is 121 Å². The van der Waals surface area contributed by atoms with Gasteiger partial charge >= 0.3 is 47.8 Å². The Hall–Kier alpha value is -12.7. The minimum Gasteiger partial charge on any atom is -0.497 e. The molecule has 16 heterocycles. The Labute approximate surface area is 822 Å². The van der Waals surface area contributed by atoms with Gasteiger partial charge in [0, 0.05) is 63.3 Å². The normalized spacial score (nSPS) is 32.4. The van der Waals surface area contributed by atoms with E-state index in [9.17, 15) is 38.4 Å². The molecule has 0 aromatic heterocycles. The van der Waals surface area contributed by atoms with Gasteiger partial charge in [-0.2, -0.15) is 0 Å². The standard InChI is InChI=1S/3C27H31NO7.C26H28N4O7/c3*1-3-4-5-9-27(15-22(29)35-27)25(30)34-24-21(31-2)14-26-8-6-10-28(26)11-7-17-12-19-20(33-16-32-19)13-18(17)23(24)26;1-33-20-13-25-6-4-9-30(25)10-5-16-11-18-19(35-15-34-18)12-17(16)22(25)23(20)36-24(32)26(14-21(31)37-26)7-2-3-8-28-29-27/h3*4-5,12-14,23-24H,3,6-11,15-16H2,1-2H3;2-3,11-13,22-23H,4-10,14-15H2,1H3/b3*5-4+;3-2+/t3*23-,24-,26+,27-;22-,23-,25+,26-/m1111/s1. The average molecular weight is 1950 g/mol. The topological polar surface area (TPSA) is 383 Å². The van der Waals surface area contributed by atoms with E-state index >= 15 is 0 Å². The van der Waals surface area contributed by atoms with E-state index in [1.165, 1.54) is 16.7 Å². The van der Waals surface area contributed by atoms with E-state index in [4.69, 9.17) is 100 Å². The van der Waals surface area contributed by atoms with Gasteiger partial charge in [0.25, 0.3) is 0 Å². The third-order valence-electron chi connectivity index (χ3n) is 32.7. The fourth-order valence-corrected chi connectivity index (χ4v) is 26.0. The molecule has 142 heavy (non-hydrogen) atoms. The number of nitrogens with zero attached hydrogens (tertiary/aromatic N) is 7. The summed E-state index contributed by atoms with van der Waals surface area (Å²) in [6.07, 6.45) is 35.9. The van der Waals surface area contributed by atoms with Crippen LogP contribution in [0.1, 0.15) is 211 Å². The SMILES string of the molecule is CC/C=C/C[C@]1(C(=O)O[C@@H]2C(OC)=C[C@]34CCCN3CCc3cc5c(cc3[C@H]24)OCO5)CC(=O)O1.CC/C=C/C[C@]1(C(=O)O[C@@H]2C(OC)=C[C@]34CCCN3CCc3cc5c(cc3[C@H]24)OCO5)CC(=O)O1.CC/C=C/C[C@]1(C(=O)O[C@@H]2C(OC)=C[C@]34CCCN3CCc3cc5c(cc3[C@H]24)OCO5)CC(=O)O1.COC1=C[C@]23CCCN2CCc2cc4c(cc2[C@@H]3[C@@H]1OC(=O)[C@@]1(C/C=C/CN=[N+]=[N-])CC(=O)O1)OCO4.